The number of halogens is 1. The minimum absolute atomic E-state index is 0.253. The van der Waals surface area contributed by atoms with Crippen LogP contribution in [-0.2, 0) is 12.3 Å². The van der Waals surface area contributed by atoms with E-state index < -0.39 is 0 Å². The van der Waals surface area contributed by atoms with Crippen LogP contribution in [-0.4, -0.2) is 10.1 Å². The first-order valence-corrected chi connectivity index (χ1v) is 4.84. The first kappa shape index (κ1) is 9.27. The van der Waals surface area contributed by atoms with Crippen molar-refractivity contribution in [1.82, 2.24) is 10.1 Å². The Kier molecular flexibility index (Phi) is 2.54. The zero-order chi connectivity index (χ0) is 9.97. The average molecular weight is 213 g/mol. The summed E-state index contributed by atoms with van der Waals surface area (Å²) in [5, 5.41) is 3.71. The molecule has 0 atom stereocenters. The lowest BCUT2D eigenvalue weighted by molar-refractivity contribution is 0.423. The van der Waals surface area contributed by atoms with E-state index in [0.29, 0.717) is 11.7 Å². The smallest absolute Gasteiger partial charge is 0.261 e. The number of aromatic nitrogens is 2. The van der Waals surface area contributed by atoms with Gasteiger partial charge in [-0.2, -0.15) is 4.98 Å². The van der Waals surface area contributed by atoms with Gasteiger partial charge in [0.1, 0.15) is 5.76 Å². The van der Waals surface area contributed by atoms with Crippen LogP contribution in [0.2, 0.25) is 0 Å². The van der Waals surface area contributed by atoms with Crippen molar-refractivity contribution >= 4 is 11.6 Å². The van der Waals surface area contributed by atoms with Crippen molar-refractivity contribution in [3.8, 4) is 11.5 Å². The summed E-state index contributed by atoms with van der Waals surface area (Å²) in [6.07, 6.45) is 2.40. The summed E-state index contributed by atoms with van der Waals surface area (Å²) in [5.74, 6) is 2.05. The Morgan fingerprint density at radius 1 is 1.50 bits per heavy atom. The molecule has 0 amide bonds. The Morgan fingerprint density at radius 2 is 2.36 bits per heavy atom. The van der Waals surface area contributed by atoms with Crippen LogP contribution in [0.5, 0.6) is 0 Å². The summed E-state index contributed by atoms with van der Waals surface area (Å²) in [4.78, 5) is 4.11. The molecule has 0 saturated heterocycles. The lowest BCUT2D eigenvalue weighted by atomic mass is 10.2. The number of rotatable bonds is 3. The third-order valence-electron chi connectivity index (χ3n) is 1.88. The molecule has 0 radical (unpaired) electrons. The second-order valence-corrected chi connectivity index (χ2v) is 3.03. The molecule has 0 unspecified atom stereocenters. The number of hydrogen-bond donors (Lipinski definition) is 0. The molecule has 0 aromatic carbocycles. The van der Waals surface area contributed by atoms with Crippen molar-refractivity contribution in [1.29, 1.82) is 0 Å². The Labute approximate surface area is 85.9 Å². The quantitative estimate of drug-likeness (QED) is 0.734. The molecule has 0 saturated carbocycles. The van der Waals surface area contributed by atoms with E-state index in [1.54, 1.807) is 6.26 Å². The summed E-state index contributed by atoms with van der Waals surface area (Å²) in [6.45, 7) is 2.00. The van der Waals surface area contributed by atoms with Crippen molar-refractivity contribution in [2.45, 2.75) is 19.2 Å². The highest BCUT2D eigenvalue weighted by atomic mass is 35.5. The van der Waals surface area contributed by atoms with E-state index in [1.807, 2.05) is 13.0 Å². The molecular formula is C9H9ClN2O2. The van der Waals surface area contributed by atoms with Crippen LogP contribution in [0, 0.1) is 0 Å². The number of nitrogens with zero attached hydrogens (tertiary/aromatic N) is 2. The zero-order valence-electron chi connectivity index (χ0n) is 7.66. The molecular weight excluding hydrogens is 204 g/mol. The van der Waals surface area contributed by atoms with Gasteiger partial charge in [0.25, 0.3) is 5.89 Å². The van der Waals surface area contributed by atoms with Gasteiger partial charge in [0.2, 0.25) is 0 Å². The predicted octanol–water partition coefficient (Wildman–Crippen LogP) is 2.63. The highest BCUT2D eigenvalue weighted by Crippen LogP contribution is 2.23. The van der Waals surface area contributed by atoms with E-state index in [2.05, 4.69) is 10.1 Å². The molecule has 0 bridgehead atoms. The first-order valence-electron chi connectivity index (χ1n) is 4.30. The van der Waals surface area contributed by atoms with Crippen LogP contribution in [0.25, 0.3) is 11.5 Å². The third-order valence-corrected chi connectivity index (χ3v) is 2.12. The topological polar surface area (TPSA) is 52.1 Å². The molecule has 0 spiro atoms. The van der Waals surface area contributed by atoms with Gasteiger partial charge in [-0.05, 0) is 6.07 Å². The van der Waals surface area contributed by atoms with E-state index in [4.69, 9.17) is 20.5 Å². The van der Waals surface area contributed by atoms with Crippen molar-refractivity contribution in [3.05, 3.63) is 23.9 Å². The molecule has 0 aliphatic heterocycles. The average Bonchev–Trinajstić information content (AvgIpc) is 2.85. The second kappa shape index (κ2) is 3.84. The molecule has 0 fully saturated rings. The summed E-state index contributed by atoms with van der Waals surface area (Å²) in [6, 6.07) is 1.81. The number of furan rings is 1. The largest absolute Gasteiger partial charge is 0.469 e. The van der Waals surface area contributed by atoms with Gasteiger partial charge >= 0.3 is 0 Å². The van der Waals surface area contributed by atoms with Crippen LogP contribution in [0.3, 0.4) is 0 Å². The molecule has 2 aromatic heterocycles. The first-order chi connectivity index (χ1) is 6.85. The Morgan fingerprint density at radius 3 is 3.00 bits per heavy atom. The summed E-state index contributed by atoms with van der Waals surface area (Å²) in [5.41, 5.74) is 0.844. The minimum atomic E-state index is 0.253. The Balaban J connectivity index is 2.38. The molecule has 74 valence electrons. The maximum absolute atomic E-state index is 5.57. The van der Waals surface area contributed by atoms with Crippen LogP contribution >= 0.6 is 11.6 Å². The second-order valence-electron chi connectivity index (χ2n) is 2.76. The monoisotopic (exact) mass is 212 g/mol. The molecule has 14 heavy (non-hydrogen) atoms. The highest BCUT2D eigenvalue weighted by molar-refractivity contribution is 6.16. The van der Waals surface area contributed by atoms with Gasteiger partial charge in [0.15, 0.2) is 5.82 Å². The van der Waals surface area contributed by atoms with Gasteiger partial charge in [0, 0.05) is 6.42 Å². The van der Waals surface area contributed by atoms with Crippen LogP contribution in [0.1, 0.15) is 18.5 Å². The van der Waals surface area contributed by atoms with Crippen molar-refractivity contribution in [2.75, 3.05) is 0 Å². The Hall–Kier alpha value is -1.29. The molecule has 0 N–H and O–H groups in total. The molecule has 0 aliphatic rings. The van der Waals surface area contributed by atoms with E-state index in [1.165, 1.54) is 0 Å². The fourth-order valence-corrected chi connectivity index (χ4v) is 1.33. The summed E-state index contributed by atoms with van der Waals surface area (Å²) < 4.78 is 10.3. The molecule has 0 aliphatic carbocycles. The molecule has 2 rings (SSSR count). The lowest BCUT2D eigenvalue weighted by Gasteiger charge is -1.91. The molecule has 5 heteroatoms. The molecule has 4 nitrogen and oxygen atoms in total. The maximum atomic E-state index is 5.57. The van der Waals surface area contributed by atoms with Crippen LogP contribution in [0.15, 0.2) is 21.3 Å². The van der Waals surface area contributed by atoms with Crippen molar-refractivity contribution in [2.24, 2.45) is 0 Å². The molecule has 2 heterocycles. The van der Waals surface area contributed by atoms with Gasteiger partial charge < -0.3 is 8.94 Å². The summed E-state index contributed by atoms with van der Waals surface area (Å²) in [7, 11) is 0. The number of aryl methyl sites for hydroxylation is 1. The Bertz CT molecular complexity index is 422. The maximum Gasteiger partial charge on any atom is 0.261 e. The van der Waals surface area contributed by atoms with Crippen molar-refractivity contribution in [3.63, 3.8) is 0 Å². The van der Waals surface area contributed by atoms with Gasteiger partial charge in [-0.25, -0.2) is 0 Å². The normalized spacial score (nSPS) is 10.7. The fraction of sp³-hybridized carbons (Fsp3) is 0.333. The minimum Gasteiger partial charge on any atom is -0.469 e. The third kappa shape index (κ3) is 1.53. The fourth-order valence-electron chi connectivity index (χ4n) is 1.22. The van der Waals surface area contributed by atoms with Crippen LogP contribution < -0.4 is 0 Å². The number of alkyl halides is 1. The van der Waals surface area contributed by atoms with Gasteiger partial charge in [-0.3, -0.25) is 0 Å². The highest BCUT2D eigenvalue weighted by Gasteiger charge is 2.13. The van der Waals surface area contributed by atoms with Gasteiger partial charge in [0.05, 0.1) is 17.7 Å². The van der Waals surface area contributed by atoms with E-state index >= 15 is 0 Å². The summed E-state index contributed by atoms with van der Waals surface area (Å²) >= 11 is 5.57. The number of hydrogen-bond acceptors (Lipinski definition) is 4. The predicted molar refractivity (Wildman–Crippen MR) is 50.9 cm³/mol. The van der Waals surface area contributed by atoms with E-state index in [9.17, 15) is 0 Å². The molecule has 2 aromatic rings. The SMILES string of the molecule is CCc1occc1-c1nc(CCl)no1. The van der Waals surface area contributed by atoms with Crippen LogP contribution in [0.4, 0.5) is 0 Å². The zero-order valence-corrected chi connectivity index (χ0v) is 8.41. The standard InChI is InChI=1S/C9H9ClN2O2/c1-2-7-6(3-4-13-7)9-11-8(5-10)12-14-9/h3-4H,2,5H2,1H3. The van der Waals surface area contributed by atoms with Gasteiger partial charge in [-0.1, -0.05) is 12.1 Å². The van der Waals surface area contributed by atoms with Gasteiger partial charge in [-0.15, -0.1) is 11.6 Å². The lowest BCUT2D eigenvalue weighted by Crippen LogP contribution is -1.83. The van der Waals surface area contributed by atoms with E-state index in [-0.39, 0.29) is 5.88 Å². The van der Waals surface area contributed by atoms with Crippen molar-refractivity contribution < 1.29 is 8.94 Å². The van der Waals surface area contributed by atoms with E-state index in [0.717, 1.165) is 17.7 Å².